The number of nitrogens with zero attached hydrogens (tertiary/aromatic N) is 3. The lowest BCUT2D eigenvalue weighted by atomic mass is 10.1. The molecule has 0 saturated heterocycles. The fourth-order valence-corrected chi connectivity index (χ4v) is 4.66. The predicted octanol–water partition coefficient (Wildman–Crippen LogP) is 4.86. The van der Waals surface area contributed by atoms with Gasteiger partial charge in [-0.2, -0.15) is 18.3 Å². The molecule has 0 radical (unpaired) electrons. The van der Waals surface area contributed by atoms with Crippen molar-refractivity contribution < 1.29 is 18.0 Å². The van der Waals surface area contributed by atoms with E-state index in [-0.39, 0.29) is 11.9 Å². The molecule has 0 unspecified atom stereocenters. The highest BCUT2D eigenvalue weighted by Gasteiger charge is 2.33. The van der Waals surface area contributed by atoms with Crippen LogP contribution in [0.25, 0.3) is 31.9 Å². The number of hydrazine groups is 1. The number of hydrogen-bond acceptors (Lipinski definition) is 5. The van der Waals surface area contributed by atoms with Crippen LogP contribution >= 0.6 is 11.3 Å². The third-order valence-corrected chi connectivity index (χ3v) is 6.11. The van der Waals surface area contributed by atoms with Crippen LogP contribution in [0, 0.1) is 0 Å². The molecule has 6 nitrogen and oxygen atoms in total. The maximum atomic E-state index is 13.3. The number of aromatic amines is 1. The molecule has 0 aliphatic carbocycles. The SMILES string of the molecule is NN(Cc1cc2c(C(F)(F)F)cccc2s1)C(=O)c1ccc2ncc3cn[nH]c3c2c1. The van der Waals surface area contributed by atoms with Crippen molar-refractivity contribution in [1.29, 1.82) is 0 Å². The van der Waals surface area contributed by atoms with E-state index >= 15 is 0 Å². The number of benzene rings is 2. The summed E-state index contributed by atoms with van der Waals surface area (Å²) in [5.74, 6) is 5.54. The molecule has 3 N–H and O–H groups in total. The van der Waals surface area contributed by atoms with E-state index in [1.54, 1.807) is 36.7 Å². The molecule has 0 spiro atoms. The zero-order valence-electron chi connectivity index (χ0n) is 15.8. The van der Waals surface area contributed by atoms with E-state index in [4.69, 9.17) is 5.84 Å². The van der Waals surface area contributed by atoms with Gasteiger partial charge in [0.25, 0.3) is 5.91 Å². The zero-order valence-corrected chi connectivity index (χ0v) is 16.6. The van der Waals surface area contributed by atoms with Crippen molar-refractivity contribution in [3.63, 3.8) is 0 Å². The molecule has 0 saturated carbocycles. The highest BCUT2D eigenvalue weighted by molar-refractivity contribution is 7.19. The molecule has 0 bridgehead atoms. The summed E-state index contributed by atoms with van der Waals surface area (Å²) < 4.78 is 40.3. The number of nitrogens with one attached hydrogen (secondary N) is 1. The Labute approximate surface area is 177 Å². The van der Waals surface area contributed by atoms with E-state index in [0.29, 0.717) is 20.7 Å². The number of H-pyrrole nitrogens is 1. The molecular weight excluding hydrogens is 427 g/mol. The van der Waals surface area contributed by atoms with Crippen molar-refractivity contribution in [2.24, 2.45) is 5.84 Å². The largest absolute Gasteiger partial charge is 0.417 e. The van der Waals surface area contributed by atoms with E-state index in [9.17, 15) is 18.0 Å². The summed E-state index contributed by atoms with van der Waals surface area (Å²) in [6.45, 7) is -0.0139. The van der Waals surface area contributed by atoms with Gasteiger partial charge in [-0.15, -0.1) is 11.3 Å². The normalized spacial score (nSPS) is 12.1. The number of fused-ring (bicyclic) bond motifs is 4. The number of carbonyl (C=O) groups excluding carboxylic acids is 1. The summed E-state index contributed by atoms with van der Waals surface area (Å²) in [5.41, 5.74) is 1.09. The van der Waals surface area contributed by atoms with Crippen LogP contribution in [-0.4, -0.2) is 26.1 Å². The Hall–Kier alpha value is -3.50. The van der Waals surface area contributed by atoms with E-state index in [1.807, 2.05) is 0 Å². The predicted molar refractivity (Wildman–Crippen MR) is 112 cm³/mol. The summed E-state index contributed by atoms with van der Waals surface area (Å²) in [6.07, 6.45) is -1.12. The highest BCUT2D eigenvalue weighted by Crippen LogP contribution is 2.38. The first-order chi connectivity index (χ1) is 14.8. The van der Waals surface area contributed by atoms with Gasteiger partial charge in [-0.1, -0.05) is 6.07 Å². The molecule has 0 fully saturated rings. The summed E-state index contributed by atoms with van der Waals surface area (Å²) in [5, 5.41) is 9.54. The van der Waals surface area contributed by atoms with Crippen molar-refractivity contribution >= 4 is 49.1 Å². The average molecular weight is 441 g/mol. The molecular formula is C21H14F3N5OS. The Bertz CT molecular complexity index is 1460. The maximum Gasteiger partial charge on any atom is 0.417 e. The van der Waals surface area contributed by atoms with Gasteiger partial charge in [0.1, 0.15) is 0 Å². The summed E-state index contributed by atoms with van der Waals surface area (Å²) in [6, 6.07) is 10.5. The molecule has 3 aromatic heterocycles. The lowest BCUT2D eigenvalue weighted by molar-refractivity contribution is -0.136. The van der Waals surface area contributed by atoms with Gasteiger partial charge in [-0.05, 0) is 36.4 Å². The number of halogens is 3. The first-order valence-electron chi connectivity index (χ1n) is 9.18. The van der Waals surface area contributed by atoms with Gasteiger partial charge in [0.15, 0.2) is 0 Å². The monoisotopic (exact) mass is 441 g/mol. The van der Waals surface area contributed by atoms with Crippen LogP contribution in [0.1, 0.15) is 20.8 Å². The van der Waals surface area contributed by atoms with Crippen LogP contribution in [0.5, 0.6) is 0 Å². The van der Waals surface area contributed by atoms with E-state index in [1.165, 1.54) is 23.5 Å². The van der Waals surface area contributed by atoms with Crippen LogP contribution in [0.2, 0.25) is 0 Å². The third-order valence-electron chi connectivity index (χ3n) is 5.03. The molecule has 1 amide bonds. The van der Waals surface area contributed by atoms with E-state index in [0.717, 1.165) is 27.4 Å². The minimum absolute atomic E-state index is 0.0139. The number of aromatic nitrogens is 3. The lowest BCUT2D eigenvalue weighted by Gasteiger charge is -2.16. The van der Waals surface area contributed by atoms with Gasteiger partial charge in [-0.3, -0.25) is 19.9 Å². The summed E-state index contributed by atoms with van der Waals surface area (Å²) in [4.78, 5) is 17.8. The highest BCUT2D eigenvalue weighted by atomic mass is 32.1. The molecule has 0 atom stereocenters. The number of nitrogens with two attached hydrogens (primary N) is 1. The first kappa shape index (κ1) is 19.5. The Kier molecular flexibility index (Phi) is 4.42. The molecule has 2 aromatic carbocycles. The first-order valence-corrected chi connectivity index (χ1v) is 10.00. The second-order valence-electron chi connectivity index (χ2n) is 7.05. The van der Waals surface area contributed by atoms with Gasteiger partial charge in [0, 0.05) is 37.5 Å². The molecule has 0 aliphatic rings. The van der Waals surface area contributed by atoms with Gasteiger partial charge in [0.05, 0.1) is 29.3 Å². The fourth-order valence-electron chi connectivity index (χ4n) is 3.57. The zero-order chi connectivity index (χ0) is 21.8. The topological polar surface area (TPSA) is 87.9 Å². The number of pyridine rings is 1. The van der Waals surface area contributed by atoms with Crippen molar-refractivity contribution in [3.05, 3.63) is 70.9 Å². The lowest BCUT2D eigenvalue weighted by Crippen LogP contribution is -2.36. The molecule has 156 valence electrons. The number of amides is 1. The second kappa shape index (κ2) is 7.03. The number of rotatable bonds is 3. The van der Waals surface area contributed by atoms with Crippen molar-refractivity contribution in [1.82, 2.24) is 20.2 Å². The van der Waals surface area contributed by atoms with Crippen LogP contribution in [0.15, 0.2) is 54.9 Å². The third kappa shape index (κ3) is 3.39. The van der Waals surface area contributed by atoms with Gasteiger partial charge >= 0.3 is 6.18 Å². The standard InChI is InChI=1S/C21H14F3N5OS/c22-21(23,24)16-2-1-3-18-14(16)7-13(31-18)10-29(25)20(30)11-4-5-17-15(6-11)19-12(8-26-17)9-27-28-19/h1-9H,10,25H2,(H,27,28). The minimum atomic E-state index is -4.45. The maximum absolute atomic E-state index is 13.3. The Morgan fingerprint density at radius 2 is 1.97 bits per heavy atom. The number of thiophene rings is 1. The number of alkyl halides is 3. The van der Waals surface area contributed by atoms with Gasteiger partial charge in [0.2, 0.25) is 0 Å². The molecule has 0 aliphatic heterocycles. The van der Waals surface area contributed by atoms with Crippen LogP contribution in [-0.2, 0) is 12.7 Å². The summed E-state index contributed by atoms with van der Waals surface area (Å²) in [7, 11) is 0. The smallest absolute Gasteiger partial charge is 0.277 e. The molecule has 5 rings (SSSR count). The van der Waals surface area contributed by atoms with E-state index < -0.39 is 17.6 Å². The number of hydrogen-bond donors (Lipinski definition) is 2. The Balaban J connectivity index is 1.45. The quantitative estimate of drug-likeness (QED) is 0.238. The molecule has 3 heterocycles. The van der Waals surface area contributed by atoms with Crippen LogP contribution in [0.3, 0.4) is 0 Å². The average Bonchev–Trinajstić information content (AvgIpc) is 3.38. The van der Waals surface area contributed by atoms with Crippen LogP contribution < -0.4 is 5.84 Å². The minimum Gasteiger partial charge on any atom is -0.277 e. The molecule has 10 heteroatoms. The van der Waals surface area contributed by atoms with Crippen molar-refractivity contribution in [3.8, 4) is 0 Å². The fraction of sp³-hybridized carbons (Fsp3) is 0.0952. The Morgan fingerprint density at radius 1 is 1.13 bits per heavy atom. The number of carbonyl (C=O) groups is 1. The molecule has 5 aromatic rings. The second-order valence-corrected chi connectivity index (χ2v) is 8.22. The van der Waals surface area contributed by atoms with Crippen molar-refractivity contribution in [2.75, 3.05) is 0 Å². The van der Waals surface area contributed by atoms with Crippen LogP contribution in [0.4, 0.5) is 13.2 Å². The molecule has 31 heavy (non-hydrogen) atoms. The van der Waals surface area contributed by atoms with Gasteiger partial charge in [-0.25, -0.2) is 5.84 Å². The summed E-state index contributed by atoms with van der Waals surface area (Å²) >= 11 is 1.18. The van der Waals surface area contributed by atoms with Gasteiger partial charge < -0.3 is 0 Å². The Morgan fingerprint density at radius 3 is 2.77 bits per heavy atom. The van der Waals surface area contributed by atoms with E-state index in [2.05, 4.69) is 15.2 Å². The van der Waals surface area contributed by atoms with Crippen molar-refractivity contribution in [2.45, 2.75) is 12.7 Å².